The van der Waals surface area contributed by atoms with E-state index in [-0.39, 0.29) is 16.9 Å². The number of fused-ring (bicyclic) bond motifs is 1. The molecule has 1 aliphatic rings. The second-order valence-electron chi connectivity index (χ2n) is 5.68. The Morgan fingerprint density at radius 1 is 1.04 bits per heavy atom. The van der Waals surface area contributed by atoms with E-state index in [1.165, 1.54) is 6.07 Å². The van der Waals surface area contributed by atoms with E-state index in [1.54, 1.807) is 24.3 Å². The number of carboxylic acids is 1. The summed E-state index contributed by atoms with van der Waals surface area (Å²) < 4.78 is 0. The molecule has 0 bridgehead atoms. The topological polar surface area (TPSA) is 57.6 Å². The van der Waals surface area contributed by atoms with Crippen molar-refractivity contribution in [1.82, 2.24) is 0 Å². The summed E-state index contributed by atoms with van der Waals surface area (Å²) in [6.07, 6.45) is 2.03. The number of nitrogens with zero attached hydrogens (tertiary/aromatic N) is 1. The van der Waals surface area contributed by atoms with Crippen molar-refractivity contribution >= 4 is 17.4 Å². The standard InChI is InChI=1S/C19H19NO3/c1-2-20-12-6-8-13-7-5-11-16(17(13)20)18(21)14-9-3-4-10-15(14)19(22)23/h3-5,7,9-11H,2,6,8,12H2,1H3,(H,22,23). The molecule has 1 N–H and O–H groups in total. The number of aromatic carboxylic acids is 1. The van der Waals surface area contributed by atoms with Gasteiger partial charge in [-0.25, -0.2) is 4.79 Å². The molecule has 4 nitrogen and oxygen atoms in total. The third-order valence-corrected chi connectivity index (χ3v) is 4.34. The van der Waals surface area contributed by atoms with E-state index in [2.05, 4.69) is 17.9 Å². The average Bonchev–Trinajstić information content (AvgIpc) is 2.60. The molecule has 0 unspecified atom stereocenters. The van der Waals surface area contributed by atoms with Crippen molar-refractivity contribution in [2.24, 2.45) is 0 Å². The Hall–Kier alpha value is -2.62. The predicted molar refractivity (Wildman–Crippen MR) is 89.5 cm³/mol. The minimum Gasteiger partial charge on any atom is -0.478 e. The summed E-state index contributed by atoms with van der Waals surface area (Å²) in [5.74, 6) is -1.30. The number of carbonyl (C=O) groups is 2. The van der Waals surface area contributed by atoms with Crippen LogP contribution in [0.4, 0.5) is 5.69 Å². The predicted octanol–water partition coefficient (Wildman–Crippen LogP) is 3.39. The van der Waals surface area contributed by atoms with Crippen LogP contribution in [0.3, 0.4) is 0 Å². The summed E-state index contributed by atoms with van der Waals surface area (Å²) >= 11 is 0. The number of carboxylic acid groups (broad SMARTS) is 1. The summed E-state index contributed by atoms with van der Waals surface area (Å²) in [4.78, 5) is 26.6. The molecule has 0 saturated carbocycles. The Bertz CT molecular complexity index is 767. The van der Waals surface area contributed by atoms with Crippen LogP contribution in [0.2, 0.25) is 0 Å². The number of ketones is 1. The van der Waals surface area contributed by atoms with Gasteiger partial charge in [-0.1, -0.05) is 30.3 Å². The summed E-state index contributed by atoms with van der Waals surface area (Å²) in [5.41, 5.74) is 3.02. The van der Waals surface area contributed by atoms with Crippen LogP contribution in [0.25, 0.3) is 0 Å². The highest BCUT2D eigenvalue weighted by Crippen LogP contribution is 2.32. The first kappa shape index (κ1) is 15.3. The lowest BCUT2D eigenvalue weighted by Crippen LogP contribution is -2.31. The van der Waals surface area contributed by atoms with Crippen molar-refractivity contribution in [2.75, 3.05) is 18.0 Å². The first-order valence-corrected chi connectivity index (χ1v) is 7.87. The normalized spacial score (nSPS) is 13.5. The largest absolute Gasteiger partial charge is 0.478 e. The maximum absolute atomic E-state index is 13.0. The molecule has 23 heavy (non-hydrogen) atoms. The Labute approximate surface area is 135 Å². The quantitative estimate of drug-likeness (QED) is 0.880. The second-order valence-corrected chi connectivity index (χ2v) is 5.68. The Balaban J connectivity index is 2.13. The van der Waals surface area contributed by atoms with Crippen molar-refractivity contribution in [2.45, 2.75) is 19.8 Å². The molecule has 0 aliphatic carbocycles. The van der Waals surface area contributed by atoms with Crippen LogP contribution in [0.1, 0.15) is 45.2 Å². The van der Waals surface area contributed by atoms with Gasteiger partial charge in [0.15, 0.2) is 5.78 Å². The molecule has 4 heteroatoms. The Morgan fingerprint density at radius 2 is 1.74 bits per heavy atom. The molecule has 1 heterocycles. The third kappa shape index (κ3) is 2.72. The van der Waals surface area contributed by atoms with Crippen LogP contribution >= 0.6 is 0 Å². The number of rotatable bonds is 4. The van der Waals surface area contributed by atoms with Gasteiger partial charge in [0, 0.05) is 24.2 Å². The van der Waals surface area contributed by atoms with Gasteiger partial charge in [0.05, 0.1) is 11.3 Å². The van der Waals surface area contributed by atoms with Crippen LogP contribution in [-0.2, 0) is 6.42 Å². The lowest BCUT2D eigenvalue weighted by atomic mass is 9.92. The smallest absolute Gasteiger partial charge is 0.336 e. The molecule has 2 aromatic carbocycles. The zero-order valence-corrected chi connectivity index (χ0v) is 13.1. The fourth-order valence-electron chi connectivity index (χ4n) is 3.25. The summed E-state index contributed by atoms with van der Waals surface area (Å²) in [6.45, 7) is 3.83. The highest BCUT2D eigenvalue weighted by atomic mass is 16.4. The molecule has 0 atom stereocenters. The number of anilines is 1. The van der Waals surface area contributed by atoms with Crippen molar-refractivity contribution in [3.8, 4) is 0 Å². The third-order valence-electron chi connectivity index (χ3n) is 4.34. The molecule has 0 saturated heterocycles. The fourth-order valence-corrected chi connectivity index (χ4v) is 3.25. The molecule has 3 rings (SSSR count). The molecule has 2 aromatic rings. The molecular formula is C19H19NO3. The van der Waals surface area contributed by atoms with E-state index < -0.39 is 5.97 Å². The van der Waals surface area contributed by atoms with E-state index in [1.807, 2.05) is 6.07 Å². The van der Waals surface area contributed by atoms with Crippen molar-refractivity contribution < 1.29 is 14.7 Å². The van der Waals surface area contributed by atoms with Crippen LogP contribution < -0.4 is 4.90 Å². The number of carbonyl (C=O) groups excluding carboxylic acids is 1. The number of benzene rings is 2. The highest BCUT2D eigenvalue weighted by Gasteiger charge is 2.25. The van der Waals surface area contributed by atoms with Gasteiger partial charge in [0.2, 0.25) is 0 Å². The Morgan fingerprint density at radius 3 is 2.43 bits per heavy atom. The summed E-state index contributed by atoms with van der Waals surface area (Å²) in [7, 11) is 0. The van der Waals surface area contributed by atoms with E-state index >= 15 is 0 Å². The second kappa shape index (κ2) is 6.24. The van der Waals surface area contributed by atoms with Gasteiger partial charge in [0.25, 0.3) is 0 Å². The average molecular weight is 309 g/mol. The molecule has 0 fully saturated rings. The van der Waals surface area contributed by atoms with E-state index in [0.717, 1.165) is 37.2 Å². The lowest BCUT2D eigenvalue weighted by Gasteiger charge is -2.32. The highest BCUT2D eigenvalue weighted by molar-refractivity contribution is 6.17. The Kier molecular flexibility index (Phi) is 4.15. The van der Waals surface area contributed by atoms with E-state index in [4.69, 9.17) is 0 Å². The minimum atomic E-state index is -1.08. The first-order chi connectivity index (χ1) is 11.1. The van der Waals surface area contributed by atoms with Crippen molar-refractivity contribution in [1.29, 1.82) is 0 Å². The van der Waals surface area contributed by atoms with Gasteiger partial charge < -0.3 is 10.0 Å². The minimum absolute atomic E-state index is 0.0500. The van der Waals surface area contributed by atoms with E-state index in [9.17, 15) is 14.7 Å². The first-order valence-electron chi connectivity index (χ1n) is 7.87. The number of hydrogen-bond acceptors (Lipinski definition) is 3. The maximum atomic E-state index is 13.0. The van der Waals surface area contributed by atoms with Gasteiger partial charge in [0.1, 0.15) is 0 Å². The van der Waals surface area contributed by atoms with Gasteiger partial charge in [-0.05, 0) is 37.5 Å². The summed E-state index contributed by atoms with van der Waals surface area (Å²) in [5, 5.41) is 9.34. The number of para-hydroxylation sites is 1. The van der Waals surface area contributed by atoms with Gasteiger partial charge >= 0.3 is 5.97 Å². The van der Waals surface area contributed by atoms with Crippen molar-refractivity contribution in [3.05, 3.63) is 64.7 Å². The molecule has 0 aromatic heterocycles. The van der Waals surface area contributed by atoms with Crippen molar-refractivity contribution in [3.63, 3.8) is 0 Å². The molecule has 1 aliphatic heterocycles. The van der Waals surface area contributed by atoms with Gasteiger partial charge in [-0.3, -0.25) is 4.79 Å². The fraction of sp³-hybridized carbons (Fsp3) is 0.263. The van der Waals surface area contributed by atoms with E-state index in [0.29, 0.717) is 5.56 Å². The SMILES string of the molecule is CCN1CCCc2cccc(C(=O)c3ccccc3C(=O)O)c21. The van der Waals surface area contributed by atoms with Gasteiger partial charge in [-0.15, -0.1) is 0 Å². The summed E-state index contributed by atoms with van der Waals surface area (Å²) in [6, 6.07) is 12.1. The molecular weight excluding hydrogens is 290 g/mol. The number of hydrogen-bond donors (Lipinski definition) is 1. The zero-order chi connectivity index (χ0) is 16.4. The van der Waals surface area contributed by atoms with Crippen LogP contribution in [0.15, 0.2) is 42.5 Å². The lowest BCUT2D eigenvalue weighted by molar-refractivity contribution is 0.0693. The van der Waals surface area contributed by atoms with Crippen LogP contribution in [-0.4, -0.2) is 29.9 Å². The molecule has 0 spiro atoms. The van der Waals surface area contributed by atoms with Crippen LogP contribution in [0, 0.1) is 0 Å². The maximum Gasteiger partial charge on any atom is 0.336 e. The monoisotopic (exact) mass is 309 g/mol. The zero-order valence-electron chi connectivity index (χ0n) is 13.1. The number of aryl methyl sites for hydroxylation is 1. The van der Waals surface area contributed by atoms with Crippen LogP contribution in [0.5, 0.6) is 0 Å². The molecule has 0 radical (unpaired) electrons. The van der Waals surface area contributed by atoms with Gasteiger partial charge in [-0.2, -0.15) is 0 Å². The molecule has 0 amide bonds. The molecule has 118 valence electrons.